The largest absolute Gasteiger partial charge is 0.444 e. The van der Waals surface area contributed by atoms with Crippen molar-refractivity contribution in [1.82, 2.24) is 5.32 Å². The summed E-state index contributed by atoms with van der Waals surface area (Å²) in [6.45, 7) is 5.63. The molecule has 0 aromatic heterocycles. The second-order valence-electron chi connectivity index (χ2n) is 5.71. The Bertz CT molecular complexity index is 311. The van der Waals surface area contributed by atoms with Crippen LogP contribution in [0.2, 0.25) is 0 Å². The van der Waals surface area contributed by atoms with Crippen LogP contribution < -0.4 is 5.32 Å². The Morgan fingerprint density at radius 2 is 1.78 bits per heavy atom. The van der Waals surface area contributed by atoms with Crippen molar-refractivity contribution in [3.05, 3.63) is 9.47 Å². The maximum atomic E-state index is 11.6. The van der Waals surface area contributed by atoms with E-state index in [-0.39, 0.29) is 12.1 Å². The summed E-state index contributed by atoms with van der Waals surface area (Å²) in [5.41, 5.74) is -0.426. The van der Waals surface area contributed by atoms with E-state index in [0.29, 0.717) is 5.92 Å². The number of rotatable bonds is 2. The Morgan fingerprint density at radius 1 is 1.22 bits per heavy atom. The lowest BCUT2D eigenvalue weighted by Gasteiger charge is -2.28. The van der Waals surface area contributed by atoms with Crippen LogP contribution in [0.3, 0.4) is 0 Å². The molecule has 1 fully saturated rings. The summed E-state index contributed by atoms with van der Waals surface area (Å²) < 4.78 is 6.27. The van der Waals surface area contributed by atoms with Crippen LogP contribution >= 0.6 is 31.9 Å². The molecule has 5 heteroatoms. The molecule has 0 bridgehead atoms. The smallest absolute Gasteiger partial charge is 0.407 e. The van der Waals surface area contributed by atoms with E-state index in [1.54, 1.807) is 0 Å². The van der Waals surface area contributed by atoms with E-state index in [0.717, 1.165) is 29.1 Å². The number of ether oxygens (including phenoxy) is 1. The van der Waals surface area contributed by atoms with E-state index in [2.05, 4.69) is 43.3 Å². The summed E-state index contributed by atoms with van der Waals surface area (Å²) in [6, 6.07) is 0.249. The Labute approximate surface area is 126 Å². The molecule has 1 aliphatic carbocycles. The van der Waals surface area contributed by atoms with Gasteiger partial charge in [0.25, 0.3) is 0 Å². The van der Waals surface area contributed by atoms with Crippen molar-refractivity contribution in [3.63, 3.8) is 0 Å². The summed E-state index contributed by atoms with van der Waals surface area (Å²) >= 11 is 6.77. The number of alkyl carbamates (subject to hydrolysis) is 1. The van der Waals surface area contributed by atoms with Crippen molar-refractivity contribution in [2.24, 2.45) is 5.92 Å². The highest BCUT2D eigenvalue weighted by molar-refractivity contribution is 9.28. The van der Waals surface area contributed by atoms with Crippen molar-refractivity contribution in [2.45, 2.75) is 58.1 Å². The van der Waals surface area contributed by atoms with Crippen LogP contribution in [0, 0.1) is 5.92 Å². The summed E-state index contributed by atoms with van der Waals surface area (Å²) in [5.74, 6) is 0.593. The van der Waals surface area contributed by atoms with Gasteiger partial charge < -0.3 is 10.1 Å². The first kappa shape index (κ1) is 16.0. The van der Waals surface area contributed by atoms with Crippen molar-refractivity contribution >= 4 is 38.0 Å². The molecule has 3 nitrogen and oxygen atoms in total. The van der Waals surface area contributed by atoms with Gasteiger partial charge in [-0.3, -0.25) is 0 Å². The van der Waals surface area contributed by atoms with Gasteiger partial charge in [0.15, 0.2) is 0 Å². The van der Waals surface area contributed by atoms with Crippen LogP contribution in [0.4, 0.5) is 4.79 Å². The SMILES string of the molecule is CC(C)(C)OC(=O)NC1CCC(C=C(Br)Br)CC1. The van der Waals surface area contributed by atoms with Crippen LogP contribution in [-0.4, -0.2) is 17.7 Å². The highest BCUT2D eigenvalue weighted by Crippen LogP contribution is 2.29. The summed E-state index contributed by atoms with van der Waals surface area (Å²) in [6.07, 6.45) is 6.09. The maximum absolute atomic E-state index is 11.6. The fourth-order valence-electron chi connectivity index (χ4n) is 2.08. The monoisotopic (exact) mass is 381 g/mol. The van der Waals surface area contributed by atoms with Crippen LogP contribution in [0.5, 0.6) is 0 Å². The molecule has 0 spiro atoms. The first-order chi connectivity index (χ1) is 8.26. The fraction of sp³-hybridized carbons (Fsp3) is 0.769. The molecule has 1 aliphatic rings. The van der Waals surface area contributed by atoms with Gasteiger partial charge in [0, 0.05) is 6.04 Å². The number of hydrogen-bond donors (Lipinski definition) is 1. The van der Waals surface area contributed by atoms with Gasteiger partial charge in [-0.1, -0.05) is 6.08 Å². The van der Waals surface area contributed by atoms with Gasteiger partial charge in [0.05, 0.1) is 3.39 Å². The lowest BCUT2D eigenvalue weighted by molar-refractivity contribution is 0.0490. The minimum Gasteiger partial charge on any atom is -0.444 e. The van der Waals surface area contributed by atoms with E-state index >= 15 is 0 Å². The third-order valence-electron chi connectivity index (χ3n) is 2.85. The molecular formula is C13H21Br2NO2. The number of carbonyl (C=O) groups is 1. The summed E-state index contributed by atoms with van der Waals surface area (Å²) in [4.78, 5) is 11.6. The minimum absolute atomic E-state index is 0.249. The van der Waals surface area contributed by atoms with E-state index in [1.807, 2.05) is 20.8 Å². The van der Waals surface area contributed by atoms with E-state index in [9.17, 15) is 4.79 Å². The first-order valence-corrected chi connectivity index (χ1v) is 7.87. The number of nitrogens with one attached hydrogen (secondary N) is 1. The molecule has 0 unspecified atom stereocenters. The highest BCUT2D eigenvalue weighted by atomic mass is 79.9. The molecule has 0 heterocycles. The third kappa shape index (κ3) is 6.78. The zero-order valence-electron chi connectivity index (χ0n) is 11.1. The van der Waals surface area contributed by atoms with E-state index in [1.165, 1.54) is 0 Å². The molecule has 1 saturated carbocycles. The number of amides is 1. The Hall–Kier alpha value is -0.0300. The maximum Gasteiger partial charge on any atom is 0.407 e. The molecule has 0 aromatic rings. The van der Waals surface area contributed by atoms with Gasteiger partial charge in [-0.15, -0.1) is 0 Å². The van der Waals surface area contributed by atoms with Crippen LogP contribution in [-0.2, 0) is 4.74 Å². The average molecular weight is 383 g/mol. The second kappa shape index (κ2) is 6.94. The van der Waals surface area contributed by atoms with Crippen molar-refractivity contribution in [2.75, 3.05) is 0 Å². The van der Waals surface area contributed by atoms with Gasteiger partial charge >= 0.3 is 6.09 Å². The van der Waals surface area contributed by atoms with Crippen LogP contribution in [0.15, 0.2) is 9.47 Å². The molecule has 1 rings (SSSR count). The van der Waals surface area contributed by atoms with E-state index in [4.69, 9.17) is 4.74 Å². The highest BCUT2D eigenvalue weighted by Gasteiger charge is 2.23. The fourth-order valence-corrected chi connectivity index (χ4v) is 2.83. The molecular weight excluding hydrogens is 362 g/mol. The quantitative estimate of drug-likeness (QED) is 0.751. The molecule has 1 N–H and O–H groups in total. The van der Waals surface area contributed by atoms with Gasteiger partial charge in [-0.25, -0.2) is 4.79 Å². The zero-order chi connectivity index (χ0) is 13.8. The third-order valence-corrected chi connectivity index (χ3v) is 3.38. The predicted octanol–water partition coefficient (Wildman–Crippen LogP) is 4.70. The molecule has 104 valence electrons. The Balaban J connectivity index is 2.31. The molecule has 0 radical (unpaired) electrons. The molecule has 0 atom stereocenters. The van der Waals surface area contributed by atoms with Gasteiger partial charge in [-0.2, -0.15) is 0 Å². The number of halogens is 2. The lowest BCUT2D eigenvalue weighted by atomic mass is 9.86. The van der Waals surface area contributed by atoms with Crippen molar-refractivity contribution < 1.29 is 9.53 Å². The Morgan fingerprint density at radius 3 is 2.22 bits per heavy atom. The predicted molar refractivity (Wildman–Crippen MR) is 81.1 cm³/mol. The number of hydrogen-bond acceptors (Lipinski definition) is 2. The molecule has 18 heavy (non-hydrogen) atoms. The summed E-state index contributed by atoms with van der Waals surface area (Å²) in [7, 11) is 0. The minimum atomic E-state index is -0.426. The summed E-state index contributed by atoms with van der Waals surface area (Å²) in [5, 5.41) is 2.94. The van der Waals surface area contributed by atoms with Gasteiger partial charge in [-0.05, 0) is 84.2 Å². The normalized spacial score (nSPS) is 24.3. The molecule has 1 amide bonds. The second-order valence-corrected chi connectivity index (χ2v) is 8.49. The number of allylic oxidation sites excluding steroid dienone is 1. The number of carbonyl (C=O) groups excluding carboxylic acids is 1. The first-order valence-electron chi connectivity index (χ1n) is 6.28. The Kier molecular flexibility index (Phi) is 6.18. The zero-order valence-corrected chi connectivity index (χ0v) is 14.3. The lowest BCUT2D eigenvalue weighted by Crippen LogP contribution is -2.40. The van der Waals surface area contributed by atoms with Gasteiger partial charge in [0.1, 0.15) is 5.60 Å². The van der Waals surface area contributed by atoms with Crippen LogP contribution in [0.1, 0.15) is 46.5 Å². The average Bonchev–Trinajstić information content (AvgIpc) is 2.17. The van der Waals surface area contributed by atoms with Gasteiger partial charge in [0.2, 0.25) is 0 Å². The standard InChI is InChI=1S/C13H21Br2NO2/c1-13(2,3)18-12(17)16-10-6-4-9(5-7-10)8-11(14)15/h8-10H,4-7H2,1-3H3,(H,16,17). The van der Waals surface area contributed by atoms with Crippen LogP contribution in [0.25, 0.3) is 0 Å². The topological polar surface area (TPSA) is 38.3 Å². The van der Waals surface area contributed by atoms with Crippen molar-refractivity contribution in [3.8, 4) is 0 Å². The van der Waals surface area contributed by atoms with E-state index < -0.39 is 5.60 Å². The van der Waals surface area contributed by atoms with Crippen molar-refractivity contribution in [1.29, 1.82) is 0 Å². The molecule has 0 saturated heterocycles. The molecule has 0 aromatic carbocycles. The molecule has 0 aliphatic heterocycles.